The van der Waals surface area contributed by atoms with Gasteiger partial charge in [0.2, 0.25) is 5.91 Å². The van der Waals surface area contributed by atoms with Gasteiger partial charge < -0.3 is 15.8 Å². The quantitative estimate of drug-likeness (QED) is 0.804. The fourth-order valence-electron chi connectivity index (χ4n) is 3.88. The molecule has 0 aromatic carbocycles. The number of nitrogens with two attached hydrogens (primary N) is 1. The normalized spacial score (nSPS) is 33.9. The standard InChI is InChI=1S/C17H33N3O2/c1-12-9-20(10-13(2)22-12)17(3,4)11-19-16(21)15-7-5-6-14(15)8-18/h12-15H,5-11,18H2,1-4H3,(H,19,21)/t12?,13?,14-,15-/m1/s1. The van der Waals surface area contributed by atoms with Crippen LogP contribution in [0.25, 0.3) is 0 Å². The van der Waals surface area contributed by atoms with Crippen molar-refractivity contribution in [2.24, 2.45) is 17.6 Å². The van der Waals surface area contributed by atoms with Gasteiger partial charge in [0, 0.05) is 31.1 Å². The minimum Gasteiger partial charge on any atom is -0.373 e. The maximum Gasteiger partial charge on any atom is 0.223 e. The van der Waals surface area contributed by atoms with Crippen LogP contribution in [-0.2, 0) is 9.53 Å². The summed E-state index contributed by atoms with van der Waals surface area (Å²) in [6.45, 7) is 11.8. The average Bonchev–Trinajstić information content (AvgIpc) is 2.92. The van der Waals surface area contributed by atoms with Gasteiger partial charge in [-0.25, -0.2) is 0 Å². The van der Waals surface area contributed by atoms with Gasteiger partial charge in [-0.3, -0.25) is 9.69 Å². The molecule has 0 radical (unpaired) electrons. The van der Waals surface area contributed by atoms with Crippen LogP contribution in [0.2, 0.25) is 0 Å². The highest BCUT2D eigenvalue weighted by molar-refractivity contribution is 5.79. The smallest absolute Gasteiger partial charge is 0.223 e. The Morgan fingerprint density at radius 1 is 1.27 bits per heavy atom. The molecule has 0 aromatic heterocycles. The summed E-state index contributed by atoms with van der Waals surface area (Å²) in [5, 5.41) is 3.18. The number of rotatable bonds is 5. The van der Waals surface area contributed by atoms with Crippen LogP contribution in [0.5, 0.6) is 0 Å². The molecule has 0 bridgehead atoms. The molecule has 1 amide bonds. The summed E-state index contributed by atoms with van der Waals surface area (Å²) >= 11 is 0. The van der Waals surface area contributed by atoms with Gasteiger partial charge in [0.1, 0.15) is 0 Å². The number of carbonyl (C=O) groups is 1. The molecule has 22 heavy (non-hydrogen) atoms. The van der Waals surface area contributed by atoms with Crippen molar-refractivity contribution in [3.63, 3.8) is 0 Å². The van der Waals surface area contributed by atoms with Crippen molar-refractivity contribution in [3.8, 4) is 0 Å². The van der Waals surface area contributed by atoms with Gasteiger partial charge in [0.25, 0.3) is 0 Å². The molecule has 3 N–H and O–H groups in total. The van der Waals surface area contributed by atoms with E-state index in [1.54, 1.807) is 0 Å². The lowest BCUT2D eigenvalue weighted by atomic mass is 9.94. The highest BCUT2D eigenvalue weighted by Gasteiger charge is 2.36. The summed E-state index contributed by atoms with van der Waals surface area (Å²) in [7, 11) is 0. The number of amides is 1. The van der Waals surface area contributed by atoms with Crippen LogP contribution >= 0.6 is 0 Å². The first kappa shape index (κ1) is 17.7. The molecular formula is C17H33N3O2. The van der Waals surface area contributed by atoms with E-state index in [1.807, 2.05) is 0 Å². The van der Waals surface area contributed by atoms with Crippen molar-refractivity contribution in [2.75, 3.05) is 26.2 Å². The van der Waals surface area contributed by atoms with E-state index >= 15 is 0 Å². The Balaban J connectivity index is 1.87. The molecule has 1 saturated carbocycles. The third-order valence-electron chi connectivity index (χ3n) is 5.27. The molecule has 4 atom stereocenters. The van der Waals surface area contributed by atoms with Gasteiger partial charge >= 0.3 is 0 Å². The van der Waals surface area contributed by atoms with E-state index in [4.69, 9.17) is 10.5 Å². The van der Waals surface area contributed by atoms with E-state index < -0.39 is 0 Å². The van der Waals surface area contributed by atoms with Gasteiger partial charge in [0.15, 0.2) is 0 Å². The molecule has 2 fully saturated rings. The van der Waals surface area contributed by atoms with E-state index in [-0.39, 0.29) is 29.6 Å². The van der Waals surface area contributed by atoms with Crippen molar-refractivity contribution in [1.82, 2.24) is 10.2 Å². The first-order valence-electron chi connectivity index (χ1n) is 8.71. The molecule has 128 valence electrons. The zero-order valence-corrected chi connectivity index (χ0v) is 14.6. The number of morpholine rings is 1. The lowest BCUT2D eigenvalue weighted by molar-refractivity contribution is -0.127. The summed E-state index contributed by atoms with van der Waals surface area (Å²) in [6, 6.07) is 0. The van der Waals surface area contributed by atoms with Crippen molar-refractivity contribution in [2.45, 2.75) is 64.7 Å². The molecule has 2 unspecified atom stereocenters. The number of nitrogens with one attached hydrogen (secondary N) is 1. The summed E-state index contributed by atoms with van der Waals surface area (Å²) in [6.07, 6.45) is 3.70. The Morgan fingerprint density at radius 3 is 2.50 bits per heavy atom. The fourth-order valence-corrected chi connectivity index (χ4v) is 3.88. The number of nitrogens with zero attached hydrogens (tertiary/aromatic N) is 1. The van der Waals surface area contributed by atoms with E-state index in [2.05, 4.69) is 37.9 Å². The van der Waals surface area contributed by atoms with Crippen LogP contribution in [0.3, 0.4) is 0 Å². The lowest BCUT2D eigenvalue weighted by Gasteiger charge is -2.45. The van der Waals surface area contributed by atoms with Gasteiger partial charge in [0.05, 0.1) is 12.2 Å². The van der Waals surface area contributed by atoms with Crippen LogP contribution in [0, 0.1) is 11.8 Å². The van der Waals surface area contributed by atoms with E-state index in [0.717, 1.165) is 32.4 Å². The van der Waals surface area contributed by atoms with Crippen LogP contribution in [0.4, 0.5) is 0 Å². The highest BCUT2D eigenvalue weighted by atomic mass is 16.5. The Bertz CT molecular complexity index is 376. The molecule has 1 saturated heterocycles. The minimum atomic E-state index is -0.0568. The topological polar surface area (TPSA) is 67.6 Å². The number of ether oxygens (including phenoxy) is 1. The molecule has 0 aromatic rings. The van der Waals surface area contributed by atoms with Gasteiger partial charge in [-0.2, -0.15) is 0 Å². The molecule has 1 aliphatic heterocycles. The Morgan fingerprint density at radius 2 is 1.91 bits per heavy atom. The maximum atomic E-state index is 12.5. The van der Waals surface area contributed by atoms with Crippen LogP contribution in [0.1, 0.15) is 47.0 Å². The molecular weight excluding hydrogens is 278 g/mol. The summed E-state index contributed by atoms with van der Waals surface area (Å²) in [4.78, 5) is 14.9. The van der Waals surface area contributed by atoms with Crippen LogP contribution in [0.15, 0.2) is 0 Å². The first-order valence-corrected chi connectivity index (χ1v) is 8.71. The van der Waals surface area contributed by atoms with Gasteiger partial charge in [-0.1, -0.05) is 6.42 Å². The first-order chi connectivity index (χ1) is 10.3. The molecule has 2 rings (SSSR count). The maximum absolute atomic E-state index is 12.5. The minimum absolute atomic E-state index is 0.0568. The Hall–Kier alpha value is -0.650. The summed E-state index contributed by atoms with van der Waals surface area (Å²) in [5.74, 6) is 0.672. The predicted molar refractivity (Wildman–Crippen MR) is 88.6 cm³/mol. The highest BCUT2D eigenvalue weighted by Crippen LogP contribution is 2.31. The summed E-state index contributed by atoms with van der Waals surface area (Å²) in [5.41, 5.74) is 5.73. The molecule has 0 spiro atoms. The second-order valence-electron chi connectivity index (χ2n) is 7.73. The molecule has 5 heteroatoms. The van der Waals surface area contributed by atoms with Crippen LogP contribution < -0.4 is 11.1 Å². The fraction of sp³-hybridized carbons (Fsp3) is 0.941. The van der Waals surface area contributed by atoms with E-state index in [0.29, 0.717) is 19.0 Å². The molecule has 5 nitrogen and oxygen atoms in total. The molecule has 1 aliphatic carbocycles. The Labute approximate surface area is 134 Å². The van der Waals surface area contributed by atoms with Crippen molar-refractivity contribution in [1.29, 1.82) is 0 Å². The molecule has 2 aliphatic rings. The van der Waals surface area contributed by atoms with Crippen molar-refractivity contribution in [3.05, 3.63) is 0 Å². The second-order valence-corrected chi connectivity index (χ2v) is 7.73. The summed E-state index contributed by atoms with van der Waals surface area (Å²) < 4.78 is 5.80. The third kappa shape index (κ3) is 4.21. The largest absolute Gasteiger partial charge is 0.373 e. The number of hydrogen-bond acceptors (Lipinski definition) is 4. The predicted octanol–water partition coefficient (Wildman–Crippen LogP) is 1.37. The second kappa shape index (κ2) is 7.28. The SMILES string of the molecule is CC1CN(C(C)(C)CNC(=O)[C@@H]2CCC[C@@H]2CN)CC(C)O1. The monoisotopic (exact) mass is 311 g/mol. The lowest BCUT2D eigenvalue weighted by Crippen LogP contribution is -2.59. The van der Waals surface area contributed by atoms with Crippen molar-refractivity contribution < 1.29 is 9.53 Å². The molecule has 1 heterocycles. The number of hydrogen-bond donors (Lipinski definition) is 2. The van der Waals surface area contributed by atoms with Crippen LogP contribution in [-0.4, -0.2) is 54.7 Å². The zero-order chi connectivity index (χ0) is 16.3. The third-order valence-corrected chi connectivity index (χ3v) is 5.27. The van der Waals surface area contributed by atoms with E-state index in [1.165, 1.54) is 0 Å². The Kier molecular flexibility index (Phi) is 5.86. The van der Waals surface area contributed by atoms with Crippen molar-refractivity contribution >= 4 is 5.91 Å². The number of carbonyl (C=O) groups excluding carboxylic acids is 1. The van der Waals surface area contributed by atoms with Gasteiger partial charge in [-0.05, 0) is 53.0 Å². The zero-order valence-electron chi connectivity index (χ0n) is 14.6. The van der Waals surface area contributed by atoms with E-state index in [9.17, 15) is 4.79 Å². The van der Waals surface area contributed by atoms with Gasteiger partial charge in [-0.15, -0.1) is 0 Å². The average molecular weight is 311 g/mol.